The fraction of sp³-hybridized carbons (Fsp3) is 0. The normalized spacial score (nSPS) is 10.3. The summed E-state index contributed by atoms with van der Waals surface area (Å²) in [7, 11) is 0. The monoisotopic (exact) mass is 239 g/mol. The average Bonchev–Trinajstić information content (AvgIpc) is 2.74. The lowest BCUT2D eigenvalue weighted by atomic mass is 10.2. The molecule has 0 saturated carbocycles. The first-order chi connectivity index (χ1) is 7.22. The molecule has 2 nitrogen and oxygen atoms in total. The first kappa shape index (κ1) is 10.3. The molecule has 0 aliphatic carbocycles. The number of aromatic nitrogens is 1. The summed E-state index contributed by atoms with van der Waals surface area (Å²) in [6.07, 6.45) is 4.44. The third kappa shape index (κ3) is 1.91. The number of hydrogen-bond acceptors (Lipinski definition) is 1. The third-order valence-corrected chi connectivity index (χ3v) is 2.80. The number of aldehydes is 1. The Labute approximate surface area is 97.0 Å². The SMILES string of the molecule is O=Cc1cc(Cl)c(Cl)cc1-n1cccc1. The van der Waals surface area contributed by atoms with Crippen LogP contribution in [0.3, 0.4) is 0 Å². The van der Waals surface area contributed by atoms with E-state index in [2.05, 4.69) is 0 Å². The van der Waals surface area contributed by atoms with Gasteiger partial charge in [-0.15, -0.1) is 0 Å². The minimum absolute atomic E-state index is 0.384. The van der Waals surface area contributed by atoms with E-state index in [0.29, 0.717) is 15.6 Å². The summed E-state index contributed by atoms with van der Waals surface area (Å²) in [6, 6.07) is 6.98. The van der Waals surface area contributed by atoms with Crippen molar-refractivity contribution in [3.05, 3.63) is 52.3 Å². The molecule has 0 N–H and O–H groups in total. The van der Waals surface area contributed by atoms with Crippen molar-refractivity contribution >= 4 is 29.5 Å². The van der Waals surface area contributed by atoms with Crippen LogP contribution in [0.25, 0.3) is 5.69 Å². The van der Waals surface area contributed by atoms with Crippen LogP contribution in [0.2, 0.25) is 10.0 Å². The van der Waals surface area contributed by atoms with E-state index in [9.17, 15) is 4.79 Å². The topological polar surface area (TPSA) is 22.0 Å². The molecule has 0 spiro atoms. The molecule has 0 amide bonds. The first-order valence-corrected chi connectivity index (χ1v) is 5.05. The molecule has 4 heteroatoms. The van der Waals surface area contributed by atoms with Gasteiger partial charge in [0.25, 0.3) is 0 Å². The highest BCUT2D eigenvalue weighted by Gasteiger charge is 2.07. The number of halogens is 2. The van der Waals surface area contributed by atoms with Gasteiger partial charge in [-0.3, -0.25) is 4.79 Å². The summed E-state index contributed by atoms with van der Waals surface area (Å²) in [5, 5.41) is 0.820. The quantitative estimate of drug-likeness (QED) is 0.735. The molecule has 76 valence electrons. The number of hydrogen-bond donors (Lipinski definition) is 0. The molecule has 1 aromatic carbocycles. The highest BCUT2D eigenvalue weighted by atomic mass is 35.5. The minimum Gasteiger partial charge on any atom is -0.323 e. The second-order valence-corrected chi connectivity index (χ2v) is 3.85. The van der Waals surface area contributed by atoms with Gasteiger partial charge in [0.2, 0.25) is 0 Å². The Morgan fingerprint density at radius 1 is 1.07 bits per heavy atom. The number of carbonyl (C=O) groups is 1. The largest absolute Gasteiger partial charge is 0.323 e. The smallest absolute Gasteiger partial charge is 0.152 e. The van der Waals surface area contributed by atoms with Crippen molar-refractivity contribution in [3.63, 3.8) is 0 Å². The Hall–Kier alpha value is -1.25. The van der Waals surface area contributed by atoms with Crippen LogP contribution in [0, 0.1) is 0 Å². The molecule has 15 heavy (non-hydrogen) atoms. The van der Waals surface area contributed by atoms with Gasteiger partial charge in [-0.25, -0.2) is 0 Å². The molecular formula is C11H7Cl2NO. The zero-order chi connectivity index (χ0) is 10.8. The van der Waals surface area contributed by atoms with Crippen LogP contribution in [0.15, 0.2) is 36.7 Å². The maximum Gasteiger partial charge on any atom is 0.152 e. The van der Waals surface area contributed by atoms with Crippen LogP contribution < -0.4 is 0 Å². The van der Waals surface area contributed by atoms with E-state index in [1.54, 1.807) is 12.1 Å². The maximum absolute atomic E-state index is 10.9. The molecule has 0 unspecified atom stereocenters. The Bertz CT molecular complexity index is 492. The van der Waals surface area contributed by atoms with E-state index in [1.807, 2.05) is 29.1 Å². The van der Waals surface area contributed by atoms with Gasteiger partial charge in [0.15, 0.2) is 6.29 Å². The summed E-state index contributed by atoms with van der Waals surface area (Å²) in [5.41, 5.74) is 1.24. The van der Waals surface area contributed by atoms with Crippen molar-refractivity contribution in [1.82, 2.24) is 4.57 Å². The Morgan fingerprint density at radius 3 is 2.27 bits per heavy atom. The summed E-state index contributed by atoms with van der Waals surface area (Å²) in [5.74, 6) is 0. The van der Waals surface area contributed by atoms with Gasteiger partial charge in [-0.2, -0.15) is 0 Å². The van der Waals surface area contributed by atoms with Crippen LogP contribution in [-0.2, 0) is 0 Å². The van der Waals surface area contributed by atoms with E-state index in [4.69, 9.17) is 23.2 Å². The zero-order valence-electron chi connectivity index (χ0n) is 7.65. The molecule has 0 saturated heterocycles. The van der Waals surface area contributed by atoms with E-state index in [1.165, 1.54) is 0 Å². The van der Waals surface area contributed by atoms with Gasteiger partial charge < -0.3 is 4.57 Å². The van der Waals surface area contributed by atoms with Crippen LogP contribution in [-0.4, -0.2) is 10.9 Å². The predicted octanol–water partition coefficient (Wildman–Crippen LogP) is 3.60. The molecule has 1 aromatic heterocycles. The lowest BCUT2D eigenvalue weighted by Crippen LogP contribution is -1.96. The standard InChI is InChI=1S/C11H7Cl2NO/c12-9-5-8(7-15)11(6-10(9)13)14-3-1-2-4-14/h1-7H. The molecule has 0 fully saturated rings. The molecule has 0 atom stereocenters. The molecule has 0 aliphatic heterocycles. The van der Waals surface area contributed by atoms with Crippen molar-refractivity contribution in [2.75, 3.05) is 0 Å². The summed E-state index contributed by atoms with van der Waals surface area (Å²) in [6.45, 7) is 0. The van der Waals surface area contributed by atoms with Crippen molar-refractivity contribution < 1.29 is 4.79 Å². The number of rotatable bonds is 2. The van der Waals surface area contributed by atoms with Gasteiger partial charge in [-0.1, -0.05) is 23.2 Å². The summed E-state index contributed by atoms with van der Waals surface area (Å²) < 4.78 is 1.81. The molecular weight excluding hydrogens is 233 g/mol. The highest BCUT2D eigenvalue weighted by molar-refractivity contribution is 6.42. The summed E-state index contributed by atoms with van der Waals surface area (Å²) in [4.78, 5) is 10.9. The lowest BCUT2D eigenvalue weighted by molar-refractivity contribution is 0.112. The zero-order valence-corrected chi connectivity index (χ0v) is 9.16. The van der Waals surface area contributed by atoms with Gasteiger partial charge in [0, 0.05) is 18.0 Å². The summed E-state index contributed by atoms with van der Waals surface area (Å²) >= 11 is 11.7. The number of nitrogens with zero attached hydrogens (tertiary/aromatic N) is 1. The minimum atomic E-state index is 0.384. The molecule has 0 bridgehead atoms. The average molecular weight is 240 g/mol. The molecule has 2 aromatic rings. The number of benzene rings is 1. The predicted molar refractivity (Wildman–Crippen MR) is 61.2 cm³/mol. The van der Waals surface area contributed by atoms with E-state index < -0.39 is 0 Å². The Balaban J connectivity index is 2.65. The van der Waals surface area contributed by atoms with Crippen molar-refractivity contribution in [2.45, 2.75) is 0 Å². The van der Waals surface area contributed by atoms with Crippen LogP contribution in [0.4, 0.5) is 0 Å². The van der Waals surface area contributed by atoms with Gasteiger partial charge in [0.05, 0.1) is 15.7 Å². The Kier molecular flexibility index (Phi) is 2.80. The lowest BCUT2D eigenvalue weighted by Gasteiger charge is -2.07. The second kappa shape index (κ2) is 4.09. The first-order valence-electron chi connectivity index (χ1n) is 4.30. The fourth-order valence-corrected chi connectivity index (χ4v) is 1.69. The van der Waals surface area contributed by atoms with Crippen molar-refractivity contribution in [3.8, 4) is 5.69 Å². The number of carbonyl (C=O) groups excluding carboxylic acids is 1. The van der Waals surface area contributed by atoms with Gasteiger partial charge in [-0.05, 0) is 24.3 Å². The van der Waals surface area contributed by atoms with Gasteiger partial charge >= 0.3 is 0 Å². The van der Waals surface area contributed by atoms with Crippen LogP contribution >= 0.6 is 23.2 Å². The second-order valence-electron chi connectivity index (χ2n) is 3.03. The van der Waals surface area contributed by atoms with Gasteiger partial charge in [0.1, 0.15) is 0 Å². The van der Waals surface area contributed by atoms with Crippen LogP contribution in [0.5, 0.6) is 0 Å². The molecule has 0 aliphatic rings. The fourth-order valence-electron chi connectivity index (χ4n) is 1.36. The third-order valence-electron chi connectivity index (χ3n) is 2.08. The Morgan fingerprint density at radius 2 is 1.67 bits per heavy atom. The molecule has 1 heterocycles. The maximum atomic E-state index is 10.9. The molecule has 0 radical (unpaired) electrons. The van der Waals surface area contributed by atoms with E-state index in [-0.39, 0.29) is 0 Å². The highest BCUT2D eigenvalue weighted by Crippen LogP contribution is 2.27. The van der Waals surface area contributed by atoms with Crippen LogP contribution in [0.1, 0.15) is 10.4 Å². The van der Waals surface area contributed by atoms with E-state index in [0.717, 1.165) is 12.0 Å². The van der Waals surface area contributed by atoms with Crippen molar-refractivity contribution in [1.29, 1.82) is 0 Å². The van der Waals surface area contributed by atoms with Crippen molar-refractivity contribution in [2.24, 2.45) is 0 Å². The molecule has 2 rings (SSSR count). The van der Waals surface area contributed by atoms with E-state index >= 15 is 0 Å².